The normalized spacial score (nSPS) is 23.0. The molecule has 0 bridgehead atoms. The van der Waals surface area contributed by atoms with E-state index in [1.54, 1.807) is 19.2 Å². The lowest BCUT2D eigenvalue weighted by Crippen LogP contribution is -2.33. The fourth-order valence-corrected chi connectivity index (χ4v) is 2.19. The number of nitrogens with zero attached hydrogens (tertiary/aromatic N) is 1. The Morgan fingerprint density at radius 3 is 3.00 bits per heavy atom. The van der Waals surface area contributed by atoms with Gasteiger partial charge in [0.1, 0.15) is 5.69 Å². The summed E-state index contributed by atoms with van der Waals surface area (Å²) >= 11 is 5.76. The van der Waals surface area contributed by atoms with E-state index in [4.69, 9.17) is 16.3 Å². The molecule has 1 unspecified atom stereocenters. The highest BCUT2D eigenvalue weighted by atomic mass is 35.5. The van der Waals surface area contributed by atoms with Crippen LogP contribution >= 0.6 is 11.6 Å². The lowest BCUT2D eigenvalue weighted by Gasteiger charge is -2.19. The first-order chi connectivity index (χ1) is 8.61. The SMILES string of the molecule is CO[C@H]1CNCC1Nc1ccc(Cl)cc1[N+](=O)[O-]. The third kappa shape index (κ3) is 2.72. The predicted molar refractivity (Wildman–Crippen MR) is 69.2 cm³/mol. The molecule has 1 fully saturated rings. The summed E-state index contributed by atoms with van der Waals surface area (Å²) in [5, 5.41) is 17.6. The van der Waals surface area contributed by atoms with Gasteiger partial charge in [-0.3, -0.25) is 10.1 Å². The van der Waals surface area contributed by atoms with E-state index in [2.05, 4.69) is 10.6 Å². The fraction of sp³-hybridized carbons (Fsp3) is 0.455. The van der Waals surface area contributed by atoms with E-state index in [9.17, 15) is 10.1 Å². The van der Waals surface area contributed by atoms with Crippen LogP contribution in [0.5, 0.6) is 0 Å². The third-order valence-corrected chi connectivity index (χ3v) is 3.19. The minimum Gasteiger partial charge on any atom is -0.378 e. The van der Waals surface area contributed by atoms with Crippen molar-refractivity contribution in [3.63, 3.8) is 0 Å². The van der Waals surface area contributed by atoms with Gasteiger partial charge in [0.05, 0.1) is 17.1 Å². The Labute approximate surface area is 109 Å². The van der Waals surface area contributed by atoms with Crippen molar-refractivity contribution in [2.75, 3.05) is 25.5 Å². The van der Waals surface area contributed by atoms with Gasteiger partial charge >= 0.3 is 0 Å². The predicted octanol–water partition coefficient (Wildman–Crippen LogP) is 1.65. The molecule has 6 nitrogen and oxygen atoms in total. The molecule has 1 aliphatic heterocycles. The van der Waals surface area contributed by atoms with Crippen molar-refractivity contribution in [1.29, 1.82) is 0 Å². The molecule has 7 heteroatoms. The second-order valence-corrected chi connectivity index (χ2v) is 4.54. The summed E-state index contributed by atoms with van der Waals surface area (Å²) < 4.78 is 5.30. The van der Waals surface area contributed by atoms with Crippen LogP contribution in [-0.4, -0.2) is 37.3 Å². The van der Waals surface area contributed by atoms with Crippen LogP contribution in [0.1, 0.15) is 0 Å². The van der Waals surface area contributed by atoms with Crippen LogP contribution in [0.4, 0.5) is 11.4 Å². The van der Waals surface area contributed by atoms with Crippen molar-refractivity contribution in [2.45, 2.75) is 12.1 Å². The first kappa shape index (κ1) is 13.1. The Morgan fingerprint density at radius 1 is 1.56 bits per heavy atom. The van der Waals surface area contributed by atoms with Crippen molar-refractivity contribution in [2.24, 2.45) is 0 Å². The van der Waals surface area contributed by atoms with E-state index in [1.807, 2.05) is 0 Å². The number of methoxy groups -OCH3 is 1. The van der Waals surface area contributed by atoms with Gasteiger partial charge in [-0.1, -0.05) is 11.6 Å². The first-order valence-electron chi connectivity index (χ1n) is 5.56. The molecule has 1 heterocycles. The molecule has 0 radical (unpaired) electrons. The Morgan fingerprint density at radius 2 is 2.33 bits per heavy atom. The van der Waals surface area contributed by atoms with E-state index in [-0.39, 0.29) is 17.8 Å². The van der Waals surface area contributed by atoms with Gasteiger partial charge in [0.2, 0.25) is 0 Å². The zero-order valence-electron chi connectivity index (χ0n) is 9.85. The van der Waals surface area contributed by atoms with Crippen molar-refractivity contribution in [3.8, 4) is 0 Å². The number of hydrogen-bond donors (Lipinski definition) is 2. The first-order valence-corrected chi connectivity index (χ1v) is 5.93. The zero-order valence-corrected chi connectivity index (χ0v) is 10.6. The quantitative estimate of drug-likeness (QED) is 0.643. The molecule has 0 amide bonds. The smallest absolute Gasteiger partial charge is 0.293 e. The molecule has 1 aromatic rings. The molecule has 18 heavy (non-hydrogen) atoms. The Hall–Kier alpha value is -1.37. The number of anilines is 1. The van der Waals surface area contributed by atoms with E-state index in [0.29, 0.717) is 17.3 Å². The van der Waals surface area contributed by atoms with E-state index >= 15 is 0 Å². The average molecular weight is 272 g/mol. The lowest BCUT2D eigenvalue weighted by molar-refractivity contribution is -0.384. The van der Waals surface area contributed by atoms with Crippen LogP contribution in [0.25, 0.3) is 0 Å². The average Bonchev–Trinajstić information content (AvgIpc) is 2.78. The van der Waals surface area contributed by atoms with Gasteiger partial charge in [-0.2, -0.15) is 0 Å². The number of halogens is 1. The molecule has 0 aliphatic carbocycles. The van der Waals surface area contributed by atoms with Gasteiger partial charge in [0, 0.05) is 31.3 Å². The molecular formula is C11H14ClN3O3. The molecule has 1 aromatic carbocycles. The van der Waals surface area contributed by atoms with Crippen LogP contribution < -0.4 is 10.6 Å². The van der Waals surface area contributed by atoms with Crippen molar-refractivity contribution < 1.29 is 9.66 Å². The van der Waals surface area contributed by atoms with Crippen LogP contribution in [0.15, 0.2) is 18.2 Å². The van der Waals surface area contributed by atoms with Crippen LogP contribution in [0.2, 0.25) is 5.02 Å². The standard InChI is InChI=1S/C11H14ClN3O3/c1-18-11-6-13-5-9(11)14-8-3-2-7(12)4-10(8)15(16)17/h2-4,9,11,13-14H,5-6H2,1H3/t9?,11-/m0/s1. The molecule has 0 saturated carbocycles. The second-order valence-electron chi connectivity index (χ2n) is 4.10. The molecule has 0 spiro atoms. The van der Waals surface area contributed by atoms with Crippen molar-refractivity contribution >= 4 is 23.0 Å². The highest BCUT2D eigenvalue weighted by molar-refractivity contribution is 6.30. The monoisotopic (exact) mass is 271 g/mol. The van der Waals surface area contributed by atoms with Crippen LogP contribution in [0, 0.1) is 10.1 Å². The van der Waals surface area contributed by atoms with E-state index in [0.717, 1.165) is 6.54 Å². The number of nitro groups is 1. The minimum atomic E-state index is -0.446. The van der Waals surface area contributed by atoms with Crippen LogP contribution in [-0.2, 0) is 4.74 Å². The Balaban J connectivity index is 2.20. The Bertz CT molecular complexity index is 455. The summed E-state index contributed by atoms with van der Waals surface area (Å²) in [6.45, 7) is 1.44. The number of benzene rings is 1. The minimum absolute atomic E-state index is 0.000261. The number of nitro benzene ring substituents is 1. The Kier molecular flexibility index (Phi) is 4.00. The molecule has 2 N–H and O–H groups in total. The molecule has 98 valence electrons. The summed E-state index contributed by atoms with van der Waals surface area (Å²) in [5.41, 5.74) is 0.435. The van der Waals surface area contributed by atoms with E-state index < -0.39 is 4.92 Å². The molecule has 0 aromatic heterocycles. The van der Waals surface area contributed by atoms with Crippen molar-refractivity contribution in [1.82, 2.24) is 5.32 Å². The fourth-order valence-electron chi connectivity index (χ4n) is 2.02. The van der Waals surface area contributed by atoms with Gasteiger partial charge in [0.25, 0.3) is 5.69 Å². The molecule has 1 saturated heterocycles. The van der Waals surface area contributed by atoms with Gasteiger partial charge in [-0.15, -0.1) is 0 Å². The second kappa shape index (κ2) is 5.51. The van der Waals surface area contributed by atoms with Gasteiger partial charge in [-0.25, -0.2) is 0 Å². The number of hydrogen-bond acceptors (Lipinski definition) is 5. The van der Waals surface area contributed by atoms with Gasteiger partial charge < -0.3 is 15.4 Å². The highest BCUT2D eigenvalue weighted by Crippen LogP contribution is 2.29. The molecule has 2 atom stereocenters. The summed E-state index contributed by atoms with van der Waals surface area (Å²) in [6, 6.07) is 4.59. The van der Waals surface area contributed by atoms with Gasteiger partial charge in [-0.05, 0) is 12.1 Å². The molecule has 2 rings (SSSR count). The molecule has 1 aliphatic rings. The largest absolute Gasteiger partial charge is 0.378 e. The highest BCUT2D eigenvalue weighted by Gasteiger charge is 2.28. The third-order valence-electron chi connectivity index (χ3n) is 2.96. The summed E-state index contributed by atoms with van der Waals surface area (Å²) in [7, 11) is 1.63. The maximum Gasteiger partial charge on any atom is 0.293 e. The number of nitrogens with one attached hydrogen (secondary N) is 2. The van der Waals surface area contributed by atoms with E-state index in [1.165, 1.54) is 6.07 Å². The molecular weight excluding hydrogens is 258 g/mol. The topological polar surface area (TPSA) is 76.4 Å². The number of ether oxygens (including phenoxy) is 1. The lowest BCUT2D eigenvalue weighted by atomic mass is 10.2. The number of rotatable bonds is 4. The van der Waals surface area contributed by atoms with Gasteiger partial charge in [0.15, 0.2) is 0 Å². The van der Waals surface area contributed by atoms with Crippen LogP contribution in [0.3, 0.4) is 0 Å². The summed E-state index contributed by atoms with van der Waals surface area (Å²) in [4.78, 5) is 10.5. The van der Waals surface area contributed by atoms with Crippen molar-refractivity contribution in [3.05, 3.63) is 33.3 Å². The maximum atomic E-state index is 11.0. The summed E-state index contributed by atoms with van der Waals surface area (Å²) in [6.07, 6.45) is 0.000261. The maximum absolute atomic E-state index is 11.0. The summed E-state index contributed by atoms with van der Waals surface area (Å²) in [5.74, 6) is 0. The zero-order chi connectivity index (χ0) is 13.1.